The van der Waals surface area contributed by atoms with E-state index in [-0.39, 0.29) is 18.3 Å². The van der Waals surface area contributed by atoms with Crippen molar-refractivity contribution in [2.45, 2.75) is 13.2 Å². The van der Waals surface area contributed by atoms with Crippen molar-refractivity contribution in [3.63, 3.8) is 0 Å². The van der Waals surface area contributed by atoms with E-state index in [0.29, 0.717) is 17.9 Å². The number of halogens is 1. The van der Waals surface area contributed by atoms with E-state index in [9.17, 15) is 9.18 Å². The van der Waals surface area contributed by atoms with Crippen molar-refractivity contribution in [2.24, 2.45) is 0 Å². The van der Waals surface area contributed by atoms with Crippen LogP contribution in [0.3, 0.4) is 0 Å². The normalized spacial score (nSPS) is 10.6. The average Bonchev–Trinajstić information content (AvgIpc) is 3.27. The summed E-state index contributed by atoms with van der Waals surface area (Å²) in [4.78, 5) is 21.3. The number of rotatable bonds is 7. The number of hydrogen-bond donors (Lipinski definition) is 1. The van der Waals surface area contributed by atoms with Gasteiger partial charge in [0.15, 0.2) is 0 Å². The van der Waals surface area contributed by atoms with Crippen molar-refractivity contribution in [3.8, 4) is 17.0 Å². The van der Waals surface area contributed by atoms with Gasteiger partial charge in [-0.2, -0.15) is 0 Å². The molecule has 2 heterocycles. The standard InChI is InChI=1S/C23H18FN3O2S/c24-18-7-5-16(6-8-18)14-29-21-4-2-1-3-19(21)23(28)26-13-22-27-20(15-30-22)17-9-11-25-12-10-17/h1-12,15H,13-14H2,(H,26,28). The Morgan fingerprint density at radius 1 is 1.03 bits per heavy atom. The zero-order chi connectivity index (χ0) is 20.8. The summed E-state index contributed by atoms with van der Waals surface area (Å²) in [6.07, 6.45) is 3.44. The lowest BCUT2D eigenvalue weighted by Crippen LogP contribution is -2.23. The smallest absolute Gasteiger partial charge is 0.255 e. The molecule has 1 N–H and O–H groups in total. The first kappa shape index (κ1) is 19.7. The first-order valence-electron chi connectivity index (χ1n) is 9.28. The number of para-hydroxylation sites is 1. The third-order valence-electron chi connectivity index (χ3n) is 4.37. The van der Waals surface area contributed by atoms with Crippen LogP contribution in [0.2, 0.25) is 0 Å². The van der Waals surface area contributed by atoms with Crippen molar-refractivity contribution in [2.75, 3.05) is 0 Å². The third-order valence-corrected chi connectivity index (χ3v) is 5.22. The minimum atomic E-state index is -0.298. The Bertz CT molecular complexity index is 1130. The van der Waals surface area contributed by atoms with Crippen molar-refractivity contribution in [3.05, 3.63) is 100 Å². The molecule has 5 nitrogen and oxygen atoms in total. The van der Waals surface area contributed by atoms with E-state index in [1.165, 1.54) is 23.5 Å². The van der Waals surface area contributed by atoms with Gasteiger partial charge in [0.2, 0.25) is 0 Å². The van der Waals surface area contributed by atoms with Crippen LogP contribution < -0.4 is 10.1 Å². The van der Waals surface area contributed by atoms with Gasteiger partial charge >= 0.3 is 0 Å². The molecule has 0 radical (unpaired) electrons. The number of carbonyl (C=O) groups excluding carboxylic acids is 1. The molecule has 30 heavy (non-hydrogen) atoms. The maximum Gasteiger partial charge on any atom is 0.255 e. The molecule has 4 aromatic rings. The molecule has 0 saturated carbocycles. The van der Waals surface area contributed by atoms with E-state index in [4.69, 9.17) is 4.74 Å². The molecular weight excluding hydrogens is 401 g/mol. The fourth-order valence-corrected chi connectivity index (χ4v) is 3.56. The van der Waals surface area contributed by atoms with Gasteiger partial charge in [0.1, 0.15) is 23.2 Å². The van der Waals surface area contributed by atoms with Crippen LogP contribution in [0.1, 0.15) is 20.9 Å². The van der Waals surface area contributed by atoms with E-state index in [2.05, 4.69) is 15.3 Å². The number of nitrogens with zero attached hydrogens (tertiary/aromatic N) is 2. The van der Waals surface area contributed by atoms with Gasteiger partial charge in [0, 0.05) is 23.3 Å². The Kier molecular flexibility index (Phi) is 6.10. The lowest BCUT2D eigenvalue weighted by Gasteiger charge is -2.11. The molecule has 0 atom stereocenters. The molecule has 0 fully saturated rings. The maximum atomic E-state index is 13.0. The highest BCUT2D eigenvalue weighted by Crippen LogP contribution is 2.22. The highest BCUT2D eigenvalue weighted by Gasteiger charge is 2.13. The van der Waals surface area contributed by atoms with Crippen LogP contribution in [0.25, 0.3) is 11.3 Å². The first-order chi connectivity index (χ1) is 14.7. The molecule has 2 aromatic carbocycles. The predicted octanol–water partition coefficient (Wildman–Crippen LogP) is 4.85. The van der Waals surface area contributed by atoms with Crippen molar-refractivity contribution < 1.29 is 13.9 Å². The highest BCUT2D eigenvalue weighted by atomic mass is 32.1. The molecule has 0 spiro atoms. The number of amides is 1. The zero-order valence-corrected chi connectivity index (χ0v) is 16.7. The zero-order valence-electron chi connectivity index (χ0n) is 15.9. The second-order valence-corrected chi connectivity index (χ2v) is 7.40. The quantitative estimate of drug-likeness (QED) is 0.465. The molecule has 0 aliphatic rings. The van der Waals surface area contributed by atoms with Gasteiger partial charge in [0.05, 0.1) is 17.8 Å². The Morgan fingerprint density at radius 2 is 1.80 bits per heavy atom. The minimum absolute atomic E-state index is 0.242. The van der Waals surface area contributed by atoms with E-state index in [0.717, 1.165) is 21.8 Å². The van der Waals surface area contributed by atoms with Crippen LogP contribution in [-0.2, 0) is 13.2 Å². The van der Waals surface area contributed by atoms with Gasteiger partial charge in [-0.3, -0.25) is 9.78 Å². The molecule has 7 heteroatoms. The number of carbonyl (C=O) groups is 1. The molecule has 4 rings (SSSR count). The topological polar surface area (TPSA) is 64.1 Å². The molecule has 150 valence electrons. The summed E-state index contributed by atoms with van der Waals surface area (Å²) in [7, 11) is 0. The van der Waals surface area contributed by atoms with Gasteiger partial charge < -0.3 is 10.1 Å². The van der Waals surface area contributed by atoms with E-state index >= 15 is 0 Å². The molecule has 0 bridgehead atoms. The van der Waals surface area contributed by atoms with Crippen LogP contribution in [-0.4, -0.2) is 15.9 Å². The first-order valence-corrected chi connectivity index (χ1v) is 10.2. The third kappa shape index (κ3) is 4.87. The summed E-state index contributed by atoms with van der Waals surface area (Å²) in [6, 6.07) is 16.9. The molecular formula is C23H18FN3O2S. The number of pyridine rings is 1. The molecule has 2 aromatic heterocycles. The van der Waals surface area contributed by atoms with Crippen LogP contribution >= 0.6 is 11.3 Å². The van der Waals surface area contributed by atoms with E-state index < -0.39 is 0 Å². The summed E-state index contributed by atoms with van der Waals surface area (Å²) in [5.74, 6) is -0.0749. The van der Waals surface area contributed by atoms with Crippen LogP contribution in [0, 0.1) is 5.82 Å². The Hall–Kier alpha value is -3.58. The summed E-state index contributed by atoms with van der Waals surface area (Å²) >= 11 is 1.49. The average molecular weight is 419 g/mol. The van der Waals surface area contributed by atoms with Gasteiger partial charge in [0.25, 0.3) is 5.91 Å². The van der Waals surface area contributed by atoms with Crippen LogP contribution in [0.15, 0.2) is 78.4 Å². The molecule has 0 aliphatic heterocycles. The van der Waals surface area contributed by atoms with Gasteiger partial charge in [-0.15, -0.1) is 11.3 Å². The SMILES string of the molecule is O=C(NCc1nc(-c2ccncc2)cs1)c1ccccc1OCc1ccc(F)cc1. The fraction of sp³-hybridized carbons (Fsp3) is 0.0870. The highest BCUT2D eigenvalue weighted by molar-refractivity contribution is 7.09. The second kappa shape index (κ2) is 9.28. The van der Waals surface area contributed by atoms with Crippen LogP contribution in [0.5, 0.6) is 5.75 Å². The molecule has 1 amide bonds. The monoisotopic (exact) mass is 419 g/mol. The number of nitrogens with one attached hydrogen (secondary N) is 1. The van der Waals surface area contributed by atoms with Crippen molar-refractivity contribution in [1.29, 1.82) is 0 Å². The maximum absolute atomic E-state index is 13.0. The second-order valence-electron chi connectivity index (χ2n) is 6.46. The number of hydrogen-bond acceptors (Lipinski definition) is 5. The largest absolute Gasteiger partial charge is 0.488 e. The molecule has 0 aliphatic carbocycles. The van der Waals surface area contributed by atoms with Crippen molar-refractivity contribution in [1.82, 2.24) is 15.3 Å². The lowest BCUT2D eigenvalue weighted by molar-refractivity contribution is 0.0946. The van der Waals surface area contributed by atoms with Crippen molar-refractivity contribution >= 4 is 17.2 Å². The Balaban J connectivity index is 1.39. The molecule has 0 unspecified atom stereocenters. The minimum Gasteiger partial charge on any atom is -0.488 e. The summed E-state index contributed by atoms with van der Waals surface area (Å²) < 4.78 is 18.8. The van der Waals surface area contributed by atoms with Crippen LogP contribution in [0.4, 0.5) is 4.39 Å². The Morgan fingerprint density at radius 3 is 2.60 bits per heavy atom. The number of benzene rings is 2. The summed E-state index contributed by atoms with van der Waals surface area (Å²) in [6.45, 7) is 0.563. The van der Waals surface area contributed by atoms with Gasteiger partial charge in [-0.1, -0.05) is 24.3 Å². The summed E-state index contributed by atoms with van der Waals surface area (Å²) in [5.41, 5.74) is 3.09. The van der Waals surface area contributed by atoms with E-state index in [1.807, 2.05) is 17.5 Å². The predicted molar refractivity (Wildman–Crippen MR) is 114 cm³/mol. The number of aromatic nitrogens is 2. The van der Waals surface area contributed by atoms with Gasteiger partial charge in [-0.25, -0.2) is 9.37 Å². The number of thiazole rings is 1. The Labute approximate surface area is 177 Å². The van der Waals surface area contributed by atoms with E-state index in [1.54, 1.807) is 48.8 Å². The number of ether oxygens (including phenoxy) is 1. The lowest BCUT2D eigenvalue weighted by atomic mass is 10.2. The molecule has 0 saturated heterocycles. The van der Waals surface area contributed by atoms with Gasteiger partial charge in [-0.05, 0) is 42.0 Å². The summed E-state index contributed by atoms with van der Waals surface area (Å²) in [5, 5.41) is 5.65. The fourth-order valence-electron chi connectivity index (χ4n) is 2.82.